The van der Waals surface area contributed by atoms with E-state index in [1.54, 1.807) is 12.2 Å². The van der Waals surface area contributed by atoms with Gasteiger partial charge in [0.1, 0.15) is 5.75 Å². The van der Waals surface area contributed by atoms with Crippen LogP contribution in [-0.4, -0.2) is 10.2 Å². The maximum atomic E-state index is 10.7. The minimum Gasteiger partial charge on any atom is -0.507 e. The van der Waals surface area contributed by atoms with E-state index in [1.165, 1.54) is 0 Å². The minimum atomic E-state index is -0.229. The second-order valence-electron chi connectivity index (χ2n) is 9.05. The zero-order valence-corrected chi connectivity index (χ0v) is 19.6. The second-order valence-corrected chi connectivity index (χ2v) is 9.05. The van der Waals surface area contributed by atoms with E-state index in [0.717, 1.165) is 11.1 Å². The summed E-state index contributed by atoms with van der Waals surface area (Å²) in [6, 6.07) is 13.7. The Morgan fingerprint density at radius 3 is 1.70 bits per heavy atom. The van der Waals surface area contributed by atoms with Gasteiger partial charge in [-0.2, -0.15) is 18.2 Å². The molecule has 3 rings (SSSR count). The summed E-state index contributed by atoms with van der Waals surface area (Å²) in [4.78, 5) is 0. The maximum Gasteiger partial charge on any atom is 0.238 e. The predicted molar refractivity (Wildman–Crippen MR) is 120 cm³/mol. The molecule has 0 atom stereocenters. The summed E-state index contributed by atoms with van der Waals surface area (Å²) in [5, 5.41) is 28.8. The first kappa shape index (κ1) is 25.5. The van der Waals surface area contributed by atoms with Crippen LogP contribution in [0.15, 0.2) is 88.5 Å². The largest absolute Gasteiger partial charge is 0.507 e. The van der Waals surface area contributed by atoms with Gasteiger partial charge in [0.2, 0.25) is 5.88 Å². The Labute approximate surface area is 190 Å². The molecule has 0 radical (unpaired) electrons. The summed E-state index contributed by atoms with van der Waals surface area (Å²) in [6.07, 6.45) is 7.20. The van der Waals surface area contributed by atoms with E-state index < -0.39 is 0 Å². The van der Waals surface area contributed by atoms with Crippen molar-refractivity contribution in [2.75, 3.05) is 0 Å². The van der Waals surface area contributed by atoms with Crippen LogP contribution in [0.3, 0.4) is 0 Å². The number of rotatable bonds is 2. The Morgan fingerprint density at radius 1 is 0.867 bits per heavy atom. The summed E-state index contributed by atoms with van der Waals surface area (Å²) in [6.45, 7) is 12.3. The van der Waals surface area contributed by atoms with E-state index in [2.05, 4.69) is 10.2 Å². The first-order valence-corrected chi connectivity index (χ1v) is 9.74. The Balaban J connectivity index is 0.000000655. The van der Waals surface area contributed by atoms with Crippen molar-refractivity contribution in [3.63, 3.8) is 0 Å². The minimum absolute atomic E-state index is 0. The van der Waals surface area contributed by atoms with E-state index in [1.807, 2.05) is 96.2 Å². The quantitative estimate of drug-likeness (QED) is 0.218. The summed E-state index contributed by atoms with van der Waals surface area (Å²) < 4.78 is 0. The van der Waals surface area contributed by atoms with Crippen LogP contribution in [0.2, 0.25) is 0 Å². The topological polar surface area (TPSA) is 65.2 Å². The molecule has 0 heterocycles. The first-order chi connectivity index (χ1) is 13.5. The van der Waals surface area contributed by atoms with Gasteiger partial charge >= 0.3 is 0 Å². The molecule has 0 fully saturated rings. The molecule has 5 heteroatoms. The molecule has 0 aromatic heterocycles. The van der Waals surface area contributed by atoms with Crippen LogP contribution >= 0.6 is 0 Å². The molecule has 0 spiro atoms. The van der Waals surface area contributed by atoms with Gasteiger partial charge < -0.3 is 10.2 Å². The van der Waals surface area contributed by atoms with Gasteiger partial charge in [-0.25, -0.2) is 12.1 Å². The molecule has 0 bridgehead atoms. The summed E-state index contributed by atoms with van der Waals surface area (Å²) in [5.74, 6) is 0.181. The number of hydrogen-bond acceptors (Lipinski definition) is 4. The average molecular weight is 447 g/mol. The van der Waals surface area contributed by atoms with Crippen molar-refractivity contribution >= 4 is 5.69 Å². The molecular formula is C25H31FeN2O2-. The van der Waals surface area contributed by atoms with E-state index in [9.17, 15) is 10.2 Å². The number of aliphatic hydroxyl groups is 1. The number of benzene rings is 1. The predicted octanol–water partition coefficient (Wildman–Crippen LogP) is 7.37. The van der Waals surface area contributed by atoms with E-state index >= 15 is 0 Å². The molecule has 0 aliphatic heterocycles. The zero-order valence-electron chi connectivity index (χ0n) is 18.5. The van der Waals surface area contributed by atoms with E-state index in [4.69, 9.17) is 0 Å². The molecule has 0 unspecified atom stereocenters. The third kappa shape index (κ3) is 7.08. The molecule has 2 aromatic carbocycles. The second kappa shape index (κ2) is 10.5. The van der Waals surface area contributed by atoms with Crippen LogP contribution < -0.4 is 0 Å². The van der Waals surface area contributed by atoms with E-state index in [0.29, 0.717) is 17.0 Å². The van der Waals surface area contributed by atoms with Crippen molar-refractivity contribution in [3.8, 4) is 5.75 Å². The molecule has 30 heavy (non-hydrogen) atoms. The number of nitrogens with zero attached hydrogens (tertiary/aromatic N) is 2. The van der Waals surface area contributed by atoms with Gasteiger partial charge in [-0.05, 0) is 35.1 Å². The van der Waals surface area contributed by atoms with Gasteiger partial charge in [0.05, 0.1) is 5.69 Å². The summed E-state index contributed by atoms with van der Waals surface area (Å²) in [5.41, 5.74) is 2.42. The normalized spacial score (nSPS) is 13.2. The van der Waals surface area contributed by atoms with Crippen molar-refractivity contribution in [3.05, 3.63) is 89.4 Å². The third-order valence-electron chi connectivity index (χ3n) is 4.45. The van der Waals surface area contributed by atoms with E-state index in [-0.39, 0.29) is 33.8 Å². The monoisotopic (exact) mass is 447 g/mol. The zero-order chi connectivity index (χ0) is 21.7. The van der Waals surface area contributed by atoms with Crippen molar-refractivity contribution < 1.29 is 27.3 Å². The van der Waals surface area contributed by atoms with Crippen LogP contribution in [0.5, 0.6) is 5.75 Å². The van der Waals surface area contributed by atoms with Crippen molar-refractivity contribution in [1.29, 1.82) is 0 Å². The maximum absolute atomic E-state index is 10.7. The summed E-state index contributed by atoms with van der Waals surface area (Å²) in [7, 11) is 0. The molecule has 4 nitrogen and oxygen atoms in total. The number of phenols is 1. The fourth-order valence-corrected chi connectivity index (χ4v) is 2.83. The van der Waals surface area contributed by atoms with Crippen molar-refractivity contribution in [2.45, 2.75) is 52.4 Å². The number of aromatic hydroxyl groups is 1. The molecule has 1 aliphatic carbocycles. The molecule has 0 amide bonds. The van der Waals surface area contributed by atoms with Crippen LogP contribution in [0.1, 0.15) is 52.7 Å². The number of aliphatic hydroxyl groups excluding tert-OH is 1. The van der Waals surface area contributed by atoms with Crippen molar-refractivity contribution in [2.24, 2.45) is 10.2 Å². The van der Waals surface area contributed by atoms with Gasteiger partial charge in [-0.1, -0.05) is 53.7 Å². The molecule has 162 valence electrons. The Kier molecular flexibility index (Phi) is 8.95. The average Bonchev–Trinajstić information content (AvgIpc) is 3.34. The first-order valence-electron chi connectivity index (χ1n) is 9.74. The smallest absolute Gasteiger partial charge is 0.238 e. The molecular weight excluding hydrogens is 416 g/mol. The molecule has 0 saturated carbocycles. The fraction of sp³-hybridized carbons (Fsp3) is 0.320. The number of hydrogen-bond donors (Lipinski definition) is 2. The number of azo groups is 1. The van der Waals surface area contributed by atoms with Gasteiger partial charge in [-0.15, -0.1) is 10.2 Å². The molecule has 1 aliphatic rings. The fourth-order valence-electron chi connectivity index (χ4n) is 2.83. The number of phenolic OH excluding ortho intramolecular Hbond substituents is 1. The standard InChI is InChI=1S/C20H26N2O2.C5H5.Fe/c1-19(2,3)15-11-14(12-16(17(15)23)20(4,5)6)21-22-18(24)13-9-7-8-10-13;1-2-4-5-3-1;/h7-12,23-24H,1-6H3;1-5H;/q;-1;. The van der Waals surface area contributed by atoms with Gasteiger partial charge in [-0.3, -0.25) is 0 Å². The Morgan fingerprint density at radius 2 is 1.33 bits per heavy atom. The third-order valence-corrected chi connectivity index (χ3v) is 4.45. The van der Waals surface area contributed by atoms with Gasteiger partial charge in [0, 0.05) is 33.8 Å². The molecule has 2 aromatic rings. The van der Waals surface area contributed by atoms with Crippen molar-refractivity contribution in [1.82, 2.24) is 0 Å². The number of allylic oxidation sites excluding steroid dienone is 5. The van der Waals surface area contributed by atoms with Gasteiger partial charge in [0.15, 0.2) is 0 Å². The van der Waals surface area contributed by atoms with Gasteiger partial charge in [0.25, 0.3) is 0 Å². The summed E-state index contributed by atoms with van der Waals surface area (Å²) >= 11 is 0. The SMILES string of the molecule is CC(C)(C)c1cc(N=NC(O)=C2C=CC=C2)cc(C(C)(C)C)c1O.[Fe].c1cc[cH-]c1. The van der Waals surface area contributed by atoms with Crippen LogP contribution in [-0.2, 0) is 27.9 Å². The Bertz CT molecular complexity index is 872. The Hall–Kier alpha value is -2.49. The van der Waals surface area contributed by atoms with Crippen LogP contribution in [0.25, 0.3) is 0 Å². The van der Waals surface area contributed by atoms with Crippen LogP contribution in [0.4, 0.5) is 5.69 Å². The molecule has 0 saturated heterocycles. The molecule has 2 N–H and O–H groups in total. The van der Waals surface area contributed by atoms with Crippen LogP contribution in [0, 0.1) is 0 Å².